The van der Waals surface area contributed by atoms with Gasteiger partial charge in [0.1, 0.15) is 5.75 Å². The lowest BCUT2D eigenvalue weighted by atomic mass is 10.1. The zero-order valence-corrected chi connectivity index (χ0v) is 12.8. The van der Waals surface area contributed by atoms with E-state index in [9.17, 15) is 14.7 Å². The Morgan fingerprint density at radius 3 is 2.52 bits per heavy atom. The molecule has 0 heterocycles. The van der Waals surface area contributed by atoms with Gasteiger partial charge in [-0.3, -0.25) is 4.79 Å². The van der Waals surface area contributed by atoms with Crippen LogP contribution in [0.2, 0.25) is 5.02 Å². The molecule has 0 unspecified atom stereocenters. The third-order valence-corrected chi connectivity index (χ3v) is 3.32. The van der Waals surface area contributed by atoms with E-state index >= 15 is 0 Å². The minimum Gasteiger partial charge on any atom is -0.507 e. The fourth-order valence-corrected chi connectivity index (χ4v) is 2.27. The molecular weight excluding hydrogens is 362 g/mol. The molecule has 108 valence electrons. The molecule has 2 rings (SSSR count). The summed E-state index contributed by atoms with van der Waals surface area (Å²) < 4.78 is 0.628. The molecular formula is C14H9BrClNO4. The SMILES string of the molecule is O=C(O)c1cc(Cl)cc(NC(=O)c2cc(Br)ccc2O)c1. The predicted molar refractivity (Wildman–Crippen MR) is 82.2 cm³/mol. The number of nitrogens with one attached hydrogen (secondary N) is 1. The first-order valence-electron chi connectivity index (χ1n) is 5.70. The Balaban J connectivity index is 2.31. The summed E-state index contributed by atoms with van der Waals surface area (Å²) in [5, 5.41) is 21.3. The number of hydrogen-bond acceptors (Lipinski definition) is 3. The van der Waals surface area contributed by atoms with Crippen LogP contribution in [-0.4, -0.2) is 22.1 Å². The van der Waals surface area contributed by atoms with Crippen LogP contribution in [0.3, 0.4) is 0 Å². The number of aromatic hydroxyl groups is 1. The number of phenolic OH excluding ortho intramolecular Hbond substituents is 1. The molecule has 5 nitrogen and oxygen atoms in total. The molecule has 0 fully saturated rings. The molecule has 0 spiro atoms. The zero-order valence-electron chi connectivity index (χ0n) is 10.4. The number of benzene rings is 2. The molecule has 2 aromatic carbocycles. The number of carboxylic acid groups (broad SMARTS) is 1. The van der Waals surface area contributed by atoms with Crippen molar-refractivity contribution in [2.24, 2.45) is 0 Å². The fraction of sp³-hybridized carbons (Fsp3) is 0. The Morgan fingerprint density at radius 1 is 1.14 bits per heavy atom. The van der Waals surface area contributed by atoms with Crippen molar-refractivity contribution in [3.05, 3.63) is 57.0 Å². The Labute approximate surface area is 133 Å². The first-order chi connectivity index (χ1) is 9.86. The number of aromatic carboxylic acids is 1. The molecule has 0 aliphatic heterocycles. The van der Waals surface area contributed by atoms with Gasteiger partial charge in [-0.15, -0.1) is 0 Å². The summed E-state index contributed by atoms with van der Waals surface area (Å²) in [4.78, 5) is 23.0. The summed E-state index contributed by atoms with van der Waals surface area (Å²) in [5.74, 6) is -1.91. The van der Waals surface area contributed by atoms with Gasteiger partial charge in [0, 0.05) is 15.2 Å². The number of carbonyl (C=O) groups excluding carboxylic acids is 1. The van der Waals surface area contributed by atoms with Crippen LogP contribution in [0.15, 0.2) is 40.9 Å². The maximum Gasteiger partial charge on any atom is 0.335 e. The summed E-state index contributed by atoms with van der Waals surface area (Å²) in [5.41, 5.74) is 0.238. The normalized spacial score (nSPS) is 10.2. The number of halogens is 2. The van der Waals surface area contributed by atoms with Crippen molar-refractivity contribution in [3.63, 3.8) is 0 Å². The van der Waals surface area contributed by atoms with Crippen LogP contribution in [0.5, 0.6) is 5.75 Å². The third kappa shape index (κ3) is 3.74. The summed E-state index contributed by atoms with van der Waals surface area (Å²) in [6, 6.07) is 8.39. The number of amides is 1. The Bertz CT molecular complexity index is 733. The van der Waals surface area contributed by atoms with Crippen molar-refractivity contribution in [3.8, 4) is 5.75 Å². The Morgan fingerprint density at radius 2 is 1.86 bits per heavy atom. The van der Waals surface area contributed by atoms with Crippen LogP contribution in [0.4, 0.5) is 5.69 Å². The molecule has 2 aromatic rings. The minimum absolute atomic E-state index is 0.0451. The van der Waals surface area contributed by atoms with Gasteiger partial charge in [-0.1, -0.05) is 27.5 Å². The lowest BCUT2D eigenvalue weighted by Gasteiger charge is -2.08. The highest BCUT2D eigenvalue weighted by molar-refractivity contribution is 9.10. The van der Waals surface area contributed by atoms with E-state index in [1.165, 1.54) is 30.3 Å². The van der Waals surface area contributed by atoms with Crippen LogP contribution in [0, 0.1) is 0 Å². The van der Waals surface area contributed by atoms with Crippen molar-refractivity contribution in [1.29, 1.82) is 0 Å². The van der Waals surface area contributed by atoms with Gasteiger partial charge in [0.05, 0.1) is 11.1 Å². The third-order valence-electron chi connectivity index (χ3n) is 2.61. The highest BCUT2D eigenvalue weighted by atomic mass is 79.9. The number of rotatable bonds is 3. The minimum atomic E-state index is -1.15. The second-order valence-corrected chi connectivity index (χ2v) is 5.50. The van der Waals surface area contributed by atoms with E-state index < -0.39 is 11.9 Å². The molecule has 0 aromatic heterocycles. The van der Waals surface area contributed by atoms with Crippen LogP contribution in [0.1, 0.15) is 20.7 Å². The quantitative estimate of drug-likeness (QED) is 0.768. The van der Waals surface area contributed by atoms with E-state index in [2.05, 4.69) is 21.2 Å². The molecule has 7 heteroatoms. The molecule has 21 heavy (non-hydrogen) atoms. The smallest absolute Gasteiger partial charge is 0.335 e. The molecule has 0 aliphatic rings. The van der Waals surface area contributed by atoms with Gasteiger partial charge in [0.25, 0.3) is 5.91 Å². The van der Waals surface area contributed by atoms with E-state index in [4.69, 9.17) is 16.7 Å². The molecule has 1 amide bonds. The van der Waals surface area contributed by atoms with Crippen LogP contribution >= 0.6 is 27.5 Å². The van der Waals surface area contributed by atoms with Gasteiger partial charge in [-0.25, -0.2) is 4.79 Å². The van der Waals surface area contributed by atoms with Gasteiger partial charge in [-0.05, 0) is 36.4 Å². The first-order valence-corrected chi connectivity index (χ1v) is 6.87. The number of hydrogen-bond donors (Lipinski definition) is 3. The van der Waals surface area contributed by atoms with Gasteiger partial charge >= 0.3 is 5.97 Å². The molecule has 0 radical (unpaired) electrons. The van der Waals surface area contributed by atoms with Crippen LogP contribution in [0.25, 0.3) is 0 Å². The van der Waals surface area contributed by atoms with Gasteiger partial charge in [-0.2, -0.15) is 0 Å². The van der Waals surface area contributed by atoms with Crippen molar-refractivity contribution in [2.75, 3.05) is 5.32 Å². The maximum atomic E-state index is 12.1. The summed E-state index contributed by atoms with van der Waals surface area (Å²) in [6.45, 7) is 0. The van der Waals surface area contributed by atoms with Gasteiger partial charge < -0.3 is 15.5 Å². The second-order valence-electron chi connectivity index (χ2n) is 4.15. The van der Waals surface area contributed by atoms with Crippen molar-refractivity contribution in [2.45, 2.75) is 0 Å². The van der Waals surface area contributed by atoms with Gasteiger partial charge in [0.15, 0.2) is 0 Å². The molecule has 0 bridgehead atoms. The fourth-order valence-electron chi connectivity index (χ4n) is 1.67. The molecule has 0 aliphatic carbocycles. The van der Waals surface area contributed by atoms with Crippen molar-refractivity contribution in [1.82, 2.24) is 0 Å². The van der Waals surface area contributed by atoms with E-state index in [-0.39, 0.29) is 27.6 Å². The Kier molecular flexibility index (Phi) is 4.50. The molecule has 0 atom stereocenters. The first kappa shape index (κ1) is 15.3. The summed E-state index contributed by atoms with van der Waals surface area (Å²) >= 11 is 9.01. The van der Waals surface area contributed by atoms with E-state index in [1.54, 1.807) is 6.07 Å². The largest absolute Gasteiger partial charge is 0.507 e. The summed E-state index contributed by atoms with van der Waals surface area (Å²) in [6.07, 6.45) is 0. The van der Waals surface area contributed by atoms with Crippen molar-refractivity contribution >= 4 is 45.1 Å². The molecule has 0 saturated carbocycles. The second kappa shape index (κ2) is 6.15. The topological polar surface area (TPSA) is 86.6 Å². The molecule has 3 N–H and O–H groups in total. The molecule has 0 saturated heterocycles. The average Bonchev–Trinajstić information content (AvgIpc) is 2.40. The van der Waals surface area contributed by atoms with Crippen molar-refractivity contribution < 1.29 is 19.8 Å². The standard InChI is InChI=1S/C14H9BrClNO4/c15-8-1-2-12(18)11(5-8)13(19)17-10-4-7(14(20)21)3-9(16)6-10/h1-6,18H,(H,17,19)(H,20,21). The maximum absolute atomic E-state index is 12.1. The number of phenols is 1. The highest BCUT2D eigenvalue weighted by Gasteiger charge is 2.13. The van der Waals surface area contributed by atoms with Crippen LogP contribution < -0.4 is 5.32 Å². The van der Waals surface area contributed by atoms with E-state index in [0.717, 1.165) is 0 Å². The zero-order chi connectivity index (χ0) is 15.6. The summed E-state index contributed by atoms with van der Waals surface area (Å²) in [7, 11) is 0. The van der Waals surface area contributed by atoms with E-state index in [0.29, 0.717) is 4.47 Å². The number of carboxylic acids is 1. The van der Waals surface area contributed by atoms with Crippen LogP contribution in [-0.2, 0) is 0 Å². The number of anilines is 1. The highest BCUT2D eigenvalue weighted by Crippen LogP contribution is 2.24. The lowest BCUT2D eigenvalue weighted by molar-refractivity contribution is 0.0696. The monoisotopic (exact) mass is 369 g/mol. The average molecular weight is 371 g/mol. The number of carbonyl (C=O) groups is 2. The Hall–Kier alpha value is -2.05. The van der Waals surface area contributed by atoms with E-state index in [1.807, 2.05) is 0 Å². The predicted octanol–water partition coefficient (Wildman–Crippen LogP) is 3.76. The van der Waals surface area contributed by atoms with Gasteiger partial charge in [0.2, 0.25) is 0 Å². The lowest BCUT2D eigenvalue weighted by Crippen LogP contribution is -2.12.